The summed E-state index contributed by atoms with van der Waals surface area (Å²) in [7, 11) is 0. The van der Waals surface area contributed by atoms with Gasteiger partial charge in [0.15, 0.2) is 5.78 Å². The largest absolute Gasteiger partial charge is 0.487 e. The molecule has 6 heteroatoms. The van der Waals surface area contributed by atoms with Crippen molar-refractivity contribution in [3.05, 3.63) is 29.3 Å². The van der Waals surface area contributed by atoms with Crippen LogP contribution in [0, 0.1) is 0 Å². The average Bonchev–Trinajstić information content (AvgIpc) is 2.36. The minimum Gasteiger partial charge on any atom is -0.487 e. The second-order valence-corrected chi connectivity index (χ2v) is 5.57. The summed E-state index contributed by atoms with van der Waals surface area (Å²) in [6.07, 6.45) is 0.108. The van der Waals surface area contributed by atoms with Gasteiger partial charge in [0.05, 0.1) is 18.4 Å². The lowest BCUT2D eigenvalue weighted by Gasteiger charge is -2.31. The van der Waals surface area contributed by atoms with Crippen molar-refractivity contribution >= 4 is 17.7 Å². The molecule has 0 saturated heterocycles. The average molecular weight is 291 g/mol. The number of carbonyl (C=O) groups is 3. The van der Waals surface area contributed by atoms with Crippen molar-refractivity contribution < 1.29 is 24.2 Å². The van der Waals surface area contributed by atoms with Gasteiger partial charge in [0, 0.05) is 12.1 Å². The van der Waals surface area contributed by atoms with Gasteiger partial charge in [-0.25, -0.2) is 0 Å². The van der Waals surface area contributed by atoms with Gasteiger partial charge in [0.2, 0.25) is 0 Å². The number of benzene rings is 1. The van der Waals surface area contributed by atoms with E-state index in [1.165, 1.54) is 6.07 Å². The van der Waals surface area contributed by atoms with Gasteiger partial charge in [-0.1, -0.05) is 0 Å². The predicted octanol–water partition coefficient (Wildman–Crippen LogP) is 1.63. The number of ketones is 1. The van der Waals surface area contributed by atoms with E-state index in [1.54, 1.807) is 12.1 Å². The summed E-state index contributed by atoms with van der Waals surface area (Å²) in [6.45, 7) is 3.71. The number of carboxylic acids is 1. The normalized spacial score (nSPS) is 15.8. The fourth-order valence-electron chi connectivity index (χ4n) is 2.18. The maximum absolute atomic E-state index is 12.1. The first-order chi connectivity index (χ1) is 9.78. The zero-order valence-electron chi connectivity index (χ0n) is 11.9. The Bertz CT molecular complexity index is 606. The molecule has 21 heavy (non-hydrogen) atoms. The third kappa shape index (κ3) is 3.59. The maximum Gasteiger partial charge on any atom is 0.305 e. The highest BCUT2D eigenvalue weighted by Gasteiger charge is 2.32. The summed E-state index contributed by atoms with van der Waals surface area (Å²) in [5, 5.41) is 11.0. The first-order valence-electron chi connectivity index (χ1n) is 6.65. The minimum atomic E-state index is -0.980. The van der Waals surface area contributed by atoms with E-state index in [9.17, 15) is 14.4 Å². The number of carbonyl (C=O) groups excluding carboxylic acids is 2. The number of ether oxygens (including phenoxy) is 1. The number of nitrogens with one attached hydrogen (secondary N) is 1. The first-order valence-corrected chi connectivity index (χ1v) is 6.65. The molecule has 1 aromatic carbocycles. The smallest absolute Gasteiger partial charge is 0.305 e. The third-order valence-electron chi connectivity index (χ3n) is 3.14. The zero-order valence-corrected chi connectivity index (χ0v) is 11.9. The molecule has 2 N–H and O–H groups in total. The van der Waals surface area contributed by atoms with Crippen molar-refractivity contribution in [2.24, 2.45) is 0 Å². The van der Waals surface area contributed by atoms with Gasteiger partial charge < -0.3 is 15.2 Å². The van der Waals surface area contributed by atoms with E-state index in [4.69, 9.17) is 9.84 Å². The van der Waals surface area contributed by atoms with Crippen LogP contribution in [0.15, 0.2) is 18.2 Å². The van der Waals surface area contributed by atoms with Gasteiger partial charge >= 0.3 is 5.97 Å². The number of amides is 1. The monoisotopic (exact) mass is 291 g/mol. The van der Waals surface area contributed by atoms with Crippen LogP contribution < -0.4 is 10.1 Å². The Morgan fingerprint density at radius 3 is 2.76 bits per heavy atom. The fraction of sp³-hybridized carbons (Fsp3) is 0.400. The highest BCUT2D eigenvalue weighted by atomic mass is 16.5. The fourth-order valence-corrected chi connectivity index (χ4v) is 2.18. The molecular weight excluding hydrogens is 274 g/mol. The SMILES string of the molecule is CC1(C)CC(=O)c2cc(C(=O)NCCC(=O)O)ccc2O1. The second kappa shape index (κ2) is 5.55. The van der Waals surface area contributed by atoms with Gasteiger partial charge in [0.25, 0.3) is 5.91 Å². The summed E-state index contributed by atoms with van der Waals surface area (Å²) in [5.41, 5.74) is 0.158. The highest BCUT2D eigenvalue weighted by molar-refractivity contribution is 6.03. The van der Waals surface area contributed by atoms with Crippen LogP contribution in [-0.4, -0.2) is 34.9 Å². The summed E-state index contributed by atoms with van der Waals surface area (Å²) >= 11 is 0. The van der Waals surface area contributed by atoms with Crippen LogP contribution in [0.2, 0.25) is 0 Å². The van der Waals surface area contributed by atoms with Gasteiger partial charge in [-0.2, -0.15) is 0 Å². The number of aliphatic carboxylic acids is 1. The van der Waals surface area contributed by atoms with Crippen LogP contribution in [-0.2, 0) is 4.79 Å². The van der Waals surface area contributed by atoms with E-state index in [2.05, 4.69) is 5.32 Å². The molecule has 6 nitrogen and oxygen atoms in total. The summed E-state index contributed by atoms with van der Waals surface area (Å²) in [6, 6.07) is 4.65. The summed E-state index contributed by atoms with van der Waals surface area (Å²) < 4.78 is 5.71. The Morgan fingerprint density at radius 1 is 1.38 bits per heavy atom. The molecule has 112 valence electrons. The van der Waals surface area contributed by atoms with Crippen LogP contribution in [0.3, 0.4) is 0 Å². The molecule has 0 radical (unpaired) electrons. The minimum absolute atomic E-state index is 0.0444. The molecule has 0 unspecified atom stereocenters. The van der Waals surface area contributed by atoms with Gasteiger partial charge in [-0.05, 0) is 32.0 Å². The number of hydrogen-bond acceptors (Lipinski definition) is 4. The Labute approximate surface area is 122 Å². The van der Waals surface area contributed by atoms with E-state index in [1.807, 2.05) is 13.8 Å². The standard InChI is InChI=1S/C15H17NO5/c1-15(2)8-11(17)10-7-9(3-4-12(10)21-15)14(20)16-6-5-13(18)19/h3-4,7H,5-6,8H2,1-2H3,(H,16,20)(H,18,19). The molecule has 1 aliphatic heterocycles. The molecule has 0 fully saturated rings. The van der Waals surface area contributed by atoms with E-state index >= 15 is 0 Å². The van der Waals surface area contributed by atoms with E-state index < -0.39 is 17.5 Å². The van der Waals surface area contributed by atoms with Crippen molar-refractivity contribution in [1.29, 1.82) is 0 Å². The van der Waals surface area contributed by atoms with Crippen molar-refractivity contribution in [3.8, 4) is 5.75 Å². The quantitative estimate of drug-likeness (QED) is 0.879. The molecule has 1 amide bonds. The maximum atomic E-state index is 12.1. The molecule has 0 bridgehead atoms. The van der Waals surface area contributed by atoms with Crippen LogP contribution in [0.1, 0.15) is 47.4 Å². The molecule has 0 spiro atoms. The van der Waals surface area contributed by atoms with Gasteiger partial charge in [0.1, 0.15) is 11.4 Å². The van der Waals surface area contributed by atoms with Crippen molar-refractivity contribution in [1.82, 2.24) is 5.32 Å². The van der Waals surface area contributed by atoms with E-state index in [0.29, 0.717) is 16.9 Å². The first kappa shape index (κ1) is 15.0. The highest BCUT2D eigenvalue weighted by Crippen LogP contribution is 2.33. The number of fused-ring (bicyclic) bond motifs is 1. The molecule has 0 saturated carbocycles. The van der Waals surface area contributed by atoms with Crippen molar-refractivity contribution in [3.63, 3.8) is 0 Å². The molecule has 1 aromatic rings. The number of Topliss-reactive ketones (excluding diaryl/α,β-unsaturated/α-hetero) is 1. The number of hydrogen-bond donors (Lipinski definition) is 2. The second-order valence-electron chi connectivity index (χ2n) is 5.57. The van der Waals surface area contributed by atoms with Gasteiger partial charge in [-0.15, -0.1) is 0 Å². The molecule has 0 aromatic heterocycles. The molecule has 0 atom stereocenters. The van der Waals surface area contributed by atoms with Gasteiger partial charge in [-0.3, -0.25) is 14.4 Å². The lowest BCUT2D eigenvalue weighted by molar-refractivity contribution is -0.136. The number of rotatable bonds is 4. The molecule has 1 aliphatic rings. The van der Waals surface area contributed by atoms with E-state index in [0.717, 1.165) is 0 Å². The van der Waals surface area contributed by atoms with Crippen LogP contribution in [0.4, 0.5) is 0 Å². The van der Waals surface area contributed by atoms with E-state index in [-0.39, 0.29) is 25.2 Å². The molecular formula is C15H17NO5. The molecule has 0 aliphatic carbocycles. The Morgan fingerprint density at radius 2 is 2.10 bits per heavy atom. The van der Waals surface area contributed by atoms with Crippen LogP contribution >= 0.6 is 0 Å². The summed E-state index contributed by atoms with van der Waals surface area (Å²) in [4.78, 5) is 34.4. The zero-order chi connectivity index (χ0) is 15.6. The summed E-state index contributed by atoms with van der Waals surface area (Å²) in [5.74, 6) is -0.983. The molecule has 2 rings (SSSR count). The van der Waals surface area contributed by atoms with Crippen LogP contribution in [0.25, 0.3) is 0 Å². The topological polar surface area (TPSA) is 92.7 Å². The number of carboxylic acid groups (broad SMARTS) is 1. The van der Waals surface area contributed by atoms with Crippen molar-refractivity contribution in [2.75, 3.05) is 6.54 Å². The Hall–Kier alpha value is -2.37. The Balaban J connectivity index is 2.14. The predicted molar refractivity (Wildman–Crippen MR) is 74.7 cm³/mol. The van der Waals surface area contributed by atoms with Crippen LogP contribution in [0.5, 0.6) is 5.75 Å². The lowest BCUT2D eigenvalue weighted by Crippen LogP contribution is -2.36. The lowest BCUT2D eigenvalue weighted by atomic mass is 9.92. The van der Waals surface area contributed by atoms with Crippen molar-refractivity contribution in [2.45, 2.75) is 32.3 Å². The third-order valence-corrected chi connectivity index (χ3v) is 3.14. The molecule has 1 heterocycles. The Kier molecular flexibility index (Phi) is 3.97.